The number of carbonyl (C=O) groups excluding carboxylic acids is 1. The lowest BCUT2D eigenvalue weighted by Crippen LogP contribution is -2.35. The van der Waals surface area contributed by atoms with Gasteiger partial charge in [0.05, 0.1) is 17.3 Å². The van der Waals surface area contributed by atoms with E-state index in [1.807, 2.05) is 43.3 Å². The van der Waals surface area contributed by atoms with Gasteiger partial charge >= 0.3 is 0 Å². The van der Waals surface area contributed by atoms with E-state index in [-0.39, 0.29) is 12.5 Å². The molecule has 0 aromatic heterocycles. The maximum atomic E-state index is 12.6. The molecular weight excluding hydrogens is 340 g/mol. The van der Waals surface area contributed by atoms with Crippen LogP contribution in [0.2, 0.25) is 5.02 Å². The van der Waals surface area contributed by atoms with Crippen molar-refractivity contribution >= 4 is 23.2 Å². The van der Waals surface area contributed by atoms with E-state index in [1.54, 1.807) is 11.0 Å². The van der Waals surface area contributed by atoms with Crippen molar-refractivity contribution in [2.24, 2.45) is 0 Å². The summed E-state index contributed by atoms with van der Waals surface area (Å²) in [6.45, 7) is 4.30. The first-order chi connectivity index (χ1) is 12.2. The Balaban J connectivity index is 1.66. The molecule has 1 N–H and O–H groups in total. The number of hydrogen-bond acceptors (Lipinski definition) is 4. The maximum absolute atomic E-state index is 12.6. The number of benzene rings is 2. The molecule has 1 aliphatic heterocycles. The number of nitrogens with one attached hydrogen (secondary N) is 1. The summed E-state index contributed by atoms with van der Waals surface area (Å²) in [4.78, 5) is 14.4. The fourth-order valence-corrected chi connectivity index (χ4v) is 2.93. The Bertz CT molecular complexity index is 751. The summed E-state index contributed by atoms with van der Waals surface area (Å²) in [6, 6.07) is 13.1. The Morgan fingerprint density at radius 2 is 1.96 bits per heavy atom. The summed E-state index contributed by atoms with van der Waals surface area (Å²) in [7, 11) is 0. The summed E-state index contributed by atoms with van der Waals surface area (Å²) in [5.41, 5.74) is 1.70. The fourth-order valence-electron chi connectivity index (χ4n) is 2.73. The molecule has 0 unspecified atom stereocenters. The van der Waals surface area contributed by atoms with E-state index in [0.29, 0.717) is 31.3 Å². The van der Waals surface area contributed by atoms with Gasteiger partial charge in [0.2, 0.25) is 5.91 Å². The number of amides is 1. The van der Waals surface area contributed by atoms with Gasteiger partial charge in [-0.25, -0.2) is 0 Å². The first kappa shape index (κ1) is 17.4. The lowest BCUT2D eigenvalue weighted by molar-refractivity contribution is -0.129. The van der Waals surface area contributed by atoms with Gasteiger partial charge in [0.1, 0.15) is 13.2 Å². The van der Waals surface area contributed by atoms with Crippen molar-refractivity contribution in [2.75, 3.05) is 31.6 Å². The van der Waals surface area contributed by atoms with Crippen LogP contribution in [0.4, 0.5) is 5.69 Å². The molecular formula is C19H21ClN2O3. The highest BCUT2D eigenvalue weighted by molar-refractivity contribution is 6.33. The van der Waals surface area contributed by atoms with Gasteiger partial charge in [-0.05, 0) is 25.1 Å². The number of anilines is 1. The van der Waals surface area contributed by atoms with Crippen molar-refractivity contribution in [1.29, 1.82) is 0 Å². The highest BCUT2D eigenvalue weighted by Gasteiger charge is 2.19. The number of carbonyl (C=O) groups is 1. The third kappa shape index (κ3) is 4.17. The van der Waals surface area contributed by atoms with Gasteiger partial charge in [-0.15, -0.1) is 0 Å². The van der Waals surface area contributed by atoms with Crippen LogP contribution in [0.1, 0.15) is 12.5 Å². The molecule has 25 heavy (non-hydrogen) atoms. The number of halogens is 1. The van der Waals surface area contributed by atoms with Crippen molar-refractivity contribution in [2.45, 2.75) is 13.5 Å². The zero-order valence-corrected chi connectivity index (χ0v) is 14.9. The van der Waals surface area contributed by atoms with Crippen LogP contribution in [-0.4, -0.2) is 37.1 Å². The lowest BCUT2D eigenvalue weighted by Gasteiger charge is -2.25. The van der Waals surface area contributed by atoms with E-state index in [1.165, 1.54) is 0 Å². The van der Waals surface area contributed by atoms with Crippen molar-refractivity contribution in [3.63, 3.8) is 0 Å². The quantitative estimate of drug-likeness (QED) is 0.855. The molecule has 1 heterocycles. The van der Waals surface area contributed by atoms with Crippen molar-refractivity contribution in [1.82, 2.24) is 4.90 Å². The van der Waals surface area contributed by atoms with E-state index in [9.17, 15) is 4.79 Å². The van der Waals surface area contributed by atoms with Crippen LogP contribution < -0.4 is 14.8 Å². The molecule has 6 heteroatoms. The van der Waals surface area contributed by atoms with Gasteiger partial charge in [-0.1, -0.05) is 35.9 Å². The highest BCUT2D eigenvalue weighted by Crippen LogP contribution is 2.34. The third-order valence-electron chi connectivity index (χ3n) is 4.05. The predicted octanol–water partition coefficient (Wildman–Crippen LogP) is 3.57. The molecule has 0 spiro atoms. The molecule has 0 aliphatic carbocycles. The van der Waals surface area contributed by atoms with E-state index in [4.69, 9.17) is 21.1 Å². The Morgan fingerprint density at radius 1 is 1.16 bits per heavy atom. The predicted molar refractivity (Wildman–Crippen MR) is 98.5 cm³/mol. The van der Waals surface area contributed by atoms with Crippen LogP contribution >= 0.6 is 11.6 Å². The smallest absolute Gasteiger partial charge is 0.242 e. The molecule has 0 saturated carbocycles. The summed E-state index contributed by atoms with van der Waals surface area (Å²) in [5, 5.41) is 3.69. The molecule has 0 fully saturated rings. The van der Waals surface area contributed by atoms with Gasteiger partial charge in [0.15, 0.2) is 11.5 Å². The number of hydrogen-bond donors (Lipinski definition) is 1. The number of fused-ring (bicyclic) bond motifs is 1. The summed E-state index contributed by atoms with van der Waals surface area (Å²) in [6.07, 6.45) is 0. The molecule has 0 atom stereocenters. The monoisotopic (exact) mass is 360 g/mol. The van der Waals surface area contributed by atoms with E-state index >= 15 is 0 Å². The number of rotatable bonds is 6. The molecule has 2 aromatic carbocycles. The van der Waals surface area contributed by atoms with Crippen molar-refractivity contribution in [3.8, 4) is 11.5 Å². The molecule has 0 saturated heterocycles. The van der Waals surface area contributed by atoms with E-state index in [0.717, 1.165) is 22.7 Å². The van der Waals surface area contributed by atoms with Crippen molar-refractivity contribution < 1.29 is 14.3 Å². The molecule has 0 radical (unpaired) electrons. The molecule has 2 aromatic rings. The largest absolute Gasteiger partial charge is 0.486 e. The van der Waals surface area contributed by atoms with Gasteiger partial charge in [-0.2, -0.15) is 0 Å². The first-order valence-corrected chi connectivity index (χ1v) is 8.70. The zero-order chi connectivity index (χ0) is 17.6. The SMILES string of the molecule is CCN(Cc1cccc2c1OCCO2)C(=O)CNc1ccccc1Cl. The maximum Gasteiger partial charge on any atom is 0.242 e. The van der Waals surface area contributed by atoms with Gasteiger partial charge < -0.3 is 19.7 Å². The van der Waals surface area contributed by atoms with E-state index < -0.39 is 0 Å². The number of likely N-dealkylation sites (N-methyl/N-ethyl adjacent to an activating group) is 1. The van der Waals surface area contributed by atoms with Crippen LogP contribution in [0.15, 0.2) is 42.5 Å². The van der Waals surface area contributed by atoms with Crippen LogP contribution in [0.3, 0.4) is 0 Å². The highest BCUT2D eigenvalue weighted by atomic mass is 35.5. The fraction of sp³-hybridized carbons (Fsp3) is 0.316. The Labute approximate surface area is 152 Å². The summed E-state index contributed by atoms with van der Waals surface area (Å²) >= 11 is 6.11. The standard InChI is InChI=1S/C19H21ClN2O3/c1-2-22(18(23)12-21-16-8-4-3-7-15(16)20)13-14-6-5-9-17-19(14)25-11-10-24-17/h3-9,21H,2,10-13H2,1H3. The Hall–Kier alpha value is -2.40. The molecule has 5 nitrogen and oxygen atoms in total. The summed E-state index contributed by atoms with van der Waals surface area (Å²) in [5.74, 6) is 1.47. The van der Waals surface area contributed by atoms with Crippen LogP contribution in [0, 0.1) is 0 Å². The molecule has 0 bridgehead atoms. The second kappa shape index (κ2) is 8.12. The topological polar surface area (TPSA) is 50.8 Å². The molecule has 3 rings (SSSR count). The minimum atomic E-state index is -0.00301. The van der Waals surface area contributed by atoms with Crippen LogP contribution in [-0.2, 0) is 11.3 Å². The van der Waals surface area contributed by atoms with Gasteiger partial charge in [0.25, 0.3) is 0 Å². The second-order valence-electron chi connectivity index (χ2n) is 5.68. The van der Waals surface area contributed by atoms with Crippen LogP contribution in [0.25, 0.3) is 0 Å². The number of nitrogens with zero attached hydrogens (tertiary/aromatic N) is 1. The second-order valence-corrected chi connectivity index (χ2v) is 6.09. The minimum absolute atomic E-state index is 0.00301. The van der Waals surface area contributed by atoms with Gasteiger partial charge in [-0.3, -0.25) is 4.79 Å². The average molecular weight is 361 g/mol. The minimum Gasteiger partial charge on any atom is -0.486 e. The average Bonchev–Trinajstić information content (AvgIpc) is 2.65. The summed E-state index contributed by atoms with van der Waals surface area (Å²) < 4.78 is 11.3. The normalized spacial score (nSPS) is 12.6. The molecule has 1 aliphatic rings. The van der Waals surface area contributed by atoms with Gasteiger partial charge in [0, 0.05) is 18.7 Å². The van der Waals surface area contributed by atoms with Crippen molar-refractivity contribution in [3.05, 3.63) is 53.1 Å². The van der Waals surface area contributed by atoms with Crippen LogP contribution in [0.5, 0.6) is 11.5 Å². The number of ether oxygens (including phenoxy) is 2. The molecule has 132 valence electrons. The third-order valence-corrected chi connectivity index (χ3v) is 4.38. The lowest BCUT2D eigenvalue weighted by atomic mass is 10.1. The Kier molecular flexibility index (Phi) is 5.66. The van der Waals surface area contributed by atoms with E-state index in [2.05, 4.69) is 5.32 Å². The zero-order valence-electron chi connectivity index (χ0n) is 14.1. The number of para-hydroxylation sites is 2. The Morgan fingerprint density at radius 3 is 2.76 bits per heavy atom. The molecule has 1 amide bonds. The first-order valence-electron chi connectivity index (χ1n) is 8.32.